The number of carboxylic acid groups (broad SMARTS) is 1. The third kappa shape index (κ3) is 8.27. The third-order valence-electron chi connectivity index (χ3n) is 6.64. The normalized spacial score (nSPS) is 19.2. The van der Waals surface area contributed by atoms with Gasteiger partial charge in [-0.25, -0.2) is 22.8 Å². The molecule has 0 unspecified atom stereocenters. The number of rotatable bonds is 7. The molecule has 2 aromatic carbocycles. The lowest BCUT2D eigenvalue weighted by molar-refractivity contribution is -0.137. The SMILES string of the molecule is CN(C)[C@H]1CC[C@@H](c2cccc(C(F)(F)F)c2)C[C@@H]1Nc1cc(F)c(S(=O)(=O)Nc2ccncn2)cc1Cl.O=CO. The minimum atomic E-state index is -4.44. The molecule has 0 amide bonds. The molecule has 0 spiro atoms. The van der Waals surface area contributed by atoms with Crippen molar-refractivity contribution < 1.29 is 35.9 Å². The maximum Gasteiger partial charge on any atom is 0.416 e. The van der Waals surface area contributed by atoms with Crippen LogP contribution in [0.25, 0.3) is 0 Å². The van der Waals surface area contributed by atoms with Crippen molar-refractivity contribution in [2.75, 3.05) is 24.1 Å². The van der Waals surface area contributed by atoms with Crippen LogP contribution in [0.3, 0.4) is 0 Å². The van der Waals surface area contributed by atoms with E-state index in [1.165, 1.54) is 24.4 Å². The second-order valence-corrected chi connectivity index (χ2v) is 11.5. The van der Waals surface area contributed by atoms with Gasteiger partial charge in [-0.05, 0) is 69.1 Å². The highest BCUT2D eigenvalue weighted by Gasteiger charge is 2.35. The van der Waals surface area contributed by atoms with E-state index in [-0.39, 0.29) is 41.0 Å². The lowest BCUT2D eigenvalue weighted by Crippen LogP contribution is -2.47. The van der Waals surface area contributed by atoms with Crippen molar-refractivity contribution >= 4 is 39.6 Å². The van der Waals surface area contributed by atoms with Crippen LogP contribution in [0.5, 0.6) is 0 Å². The Morgan fingerprint density at radius 1 is 1.15 bits per heavy atom. The lowest BCUT2D eigenvalue weighted by atomic mass is 9.78. The molecule has 3 atom stereocenters. The zero-order valence-corrected chi connectivity index (χ0v) is 23.5. The summed E-state index contributed by atoms with van der Waals surface area (Å²) in [6.07, 6.45) is -0.135. The molecule has 1 fully saturated rings. The van der Waals surface area contributed by atoms with Crippen LogP contribution in [0.4, 0.5) is 29.1 Å². The summed E-state index contributed by atoms with van der Waals surface area (Å²) in [5, 5.41) is 10.1. The maximum absolute atomic E-state index is 15.1. The van der Waals surface area contributed by atoms with E-state index < -0.39 is 32.5 Å². The number of hydrogen-bond acceptors (Lipinski definition) is 7. The van der Waals surface area contributed by atoms with Gasteiger partial charge in [-0.1, -0.05) is 29.8 Å². The van der Waals surface area contributed by atoms with Gasteiger partial charge in [0.25, 0.3) is 16.5 Å². The molecule has 0 aliphatic heterocycles. The number of aromatic nitrogens is 2. The smallest absolute Gasteiger partial charge is 0.416 e. The molecule has 15 heteroatoms. The highest BCUT2D eigenvalue weighted by atomic mass is 35.5. The lowest BCUT2D eigenvalue weighted by Gasteiger charge is -2.41. The molecule has 1 heterocycles. The summed E-state index contributed by atoms with van der Waals surface area (Å²) >= 11 is 6.40. The summed E-state index contributed by atoms with van der Waals surface area (Å²) in [4.78, 5) is 17.2. The number of nitrogens with one attached hydrogen (secondary N) is 2. The fourth-order valence-electron chi connectivity index (χ4n) is 4.79. The number of alkyl halides is 3. The highest BCUT2D eigenvalue weighted by molar-refractivity contribution is 7.92. The van der Waals surface area contributed by atoms with E-state index in [4.69, 9.17) is 21.5 Å². The number of benzene rings is 2. The van der Waals surface area contributed by atoms with Gasteiger partial charge < -0.3 is 15.3 Å². The van der Waals surface area contributed by atoms with Gasteiger partial charge in [0.1, 0.15) is 22.9 Å². The average Bonchev–Trinajstić information content (AvgIpc) is 2.90. The molecule has 4 rings (SSSR count). The van der Waals surface area contributed by atoms with Gasteiger partial charge in [0, 0.05) is 18.3 Å². The number of sulfonamides is 1. The summed E-state index contributed by atoms with van der Waals surface area (Å²) in [5.74, 6) is -1.22. The Hall–Kier alpha value is -3.49. The van der Waals surface area contributed by atoms with Crippen LogP contribution in [-0.2, 0) is 21.0 Å². The summed E-state index contributed by atoms with van der Waals surface area (Å²) in [6.45, 7) is -0.250. The molecule has 3 aromatic rings. The zero-order chi connectivity index (χ0) is 30.4. The van der Waals surface area contributed by atoms with Crippen molar-refractivity contribution in [1.29, 1.82) is 0 Å². The topological polar surface area (TPSA) is 125 Å². The molecule has 41 heavy (non-hydrogen) atoms. The molecule has 9 nitrogen and oxygen atoms in total. The Labute approximate surface area is 239 Å². The Balaban J connectivity index is 0.00000147. The molecule has 1 aliphatic rings. The molecule has 222 valence electrons. The van der Waals surface area contributed by atoms with Gasteiger partial charge in [0.15, 0.2) is 0 Å². The summed E-state index contributed by atoms with van der Waals surface area (Å²) in [6, 6.07) is 8.34. The Bertz CT molecular complexity index is 1450. The summed E-state index contributed by atoms with van der Waals surface area (Å²) in [5.41, 5.74) is 0.0665. The van der Waals surface area contributed by atoms with Gasteiger partial charge in [-0.15, -0.1) is 0 Å². The third-order valence-corrected chi connectivity index (χ3v) is 8.32. The van der Waals surface area contributed by atoms with E-state index in [0.29, 0.717) is 24.8 Å². The number of nitrogens with zero attached hydrogens (tertiary/aromatic N) is 3. The number of hydrogen-bond donors (Lipinski definition) is 3. The van der Waals surface area contributed by atoms with Crippen molar-refractivity contribution in [3.63, 3.8) is 0 Å². The highest BCUT2D eigenvalue weighted by Crippen LogP contribution is 2.39. The number of carbonyl (C=O) groups is 1. The molecule has 0 saturated heterocycles. The second kappa shape index (κ2) is 13.4. The van der Waals surface area contributed by atoms with E-state index in [1.54, 1.807) is 6.07 Å². The van der Waals surface area contributed by atoms with Gasteiger partial charge in [-0.3, -0.25) is 9.52 Å². The molecule has 1 aromatic heterocycles. The van der Waals surface area contributed by atoms with E-state index in [0.717, 1.165) is 24.5 Å². The first kappa shape index (κ1) is 32.0. The van der Waals surface area contributed by atoms with E-state index >= 15 is 4.39 Å². The number of likely N-dealkylation sites (N-methyl/N-ethyl adjacent to an activating group) is 1. The van der Waals surface area contributed by atoms with Crippen LogP contribution in [0.15, 0.2) is 59.9 Å². The molecule has 1 aliphatic carbocycles. The van der Waals surface area contributed by atoms with Gasteiger partial charge in [-0.2, -0.15) is 13.2 Å². The van der Waals surface area contributed by atoms with Crippen LogP contribution in [-0.4, -0.2) is 61.0 Å². The molecule has 3 N–H and O–H groups in total. The predicted molar refractivity (Wildman–Crippen MR) is 146 cm³/mol. The van der Waals surface area contributed by atoms with Crippen molar-refractivity contribution in [2.45, 2.75) is 48.3 Å². The van der Waals surface area contributed by atoms with Crippen molar-refractivity contribution in [2.24, 2.45) is 0 Å². The molecule has 0 radical (unpaired) electrons. The van der Waals surface area contributed by atoms with E-state index in [2.05, 4.69) is 20.0 Å². The van der Waals surface area contributed by atoms with Crippen molar-refractivity contribution in [3.8, 4) is 0 Å². The summed E-state index contributed by atoms with van der Waals surface area (Å²) in [7, 11) is -0.550. The van der Waals surface area contributed by atoms with Crippen molar-refractivity contribution in [1.82, 2.24) is 14.9 Å². The Morgan fingerprint density at radius 2 is 1.85 bits per heavy atom. The Kier molecular flexibility index (Phi) is 10.5. The Morgan fingerprint density at radius 3 is 2.46 bits per heavy atom. The van der Waals surface area contributed by atoms with Crippen molar-refractivity contribution in [3.05, 3.63) is 77.0 Å². The minimum absolute atomic E-state index is 0.0148. The van der Waals surface area contributed by atoms with E-state index in [9.17, 15) is 21.6 Å². The maximum atomic E-state index is 15.1. The predicted octanol–water partition coefficient (Wildman–Crippen LogP) is 5.47. The number of anilines is 2. The van der Waals surface area contributed by atoms with Gasteiger partial charge in [0.2, 0.25) is 0 Å². The number of halogens is 5. The van der Waals surface area contributed by atoms with Crippen LogP contribution < -0.4 is 10.0 Å². The van der Waals surface area contributed by atoms with E-state index in [1.807, 2.05) is 19.0 Å². The van der Waals surface area contributed by atoms with Crippen LogP contribution in [0.1, 0.15) is 36.3 Å². The van der Waals surface area contributed by atoms with Gasteiger partial charge >= 0.3 is 6.18 Å². The monoisotopic (exact) mass is 617 g/mol. The van der Waals surface area contributed by atoms with Crippen LogP contribution >= 0.6 is 11.6 Å². The zero-order valence-electron chi connectivity index (χ0n) is 21.9. The standard InChI is InChI=1S/C25H26ClF4N5O2S.CH2O2/c1-35(2)22-7-6-16(15-4-3-5-17(10-15)25(28,29)30)11-21(22)33-20-13-19(27)23(12-18(20)26)38(36,37)34-24-8-9-31-14-32-24;2-1-3/h3-5,8-10,12-14,16,21-22,33H,6-7,11H2,1-2H3,(H,31,32,34);1H,(H,2,3)/t16-,21+,22+;/m1./s1. The van der Waals surface area contributed by atoms with Gasteiger partial charge in [0.05, 0.1) is 16.3 Å². The first-order valence-corrected chi connectivity index (χ1v) is 14.1. The second-order valence-electron chi connectivity index (χ2n) is 9.48. The van der Waals surface area contributed by atoms with Crippen LogP contribution in [0.2, 0.25) is 5.02 Å². The minimum Gasteiger partial charge on any atom is -0.483 e. The molecule has 0 bridgehead atoms. The van der Waals surface area contributed by atoms with Crippen LogP contribution in [0, 0.1) is 5.82 Å². The fraction of sp³-hybridized carbons (Fsp3) is 0.346. The fourth-order valence-corrected chi connectivity index (χ4v) is 6.17. The average molecular weight is 618 g/mol. The first-order valence-electron chi connectivity index (χ1n) is 12.2. The quantitative estimate of drug-likeness (QED) is 0.236. The molecule has 1 saturated carbocycles. The molecular weight excluding hydrogens is 590 g/mol. The first-order chi connectivity index (χ1) is 19.3. The largest absolute Gasteiger partial charge is 0.483 e. The molecular formula is C26H28ClF4N5O4S. The summed E-state index contributed by atoms with van der Waals surface area (Å²) < 4.78 is 82.5.